The zero-order chi connectivity index (χ0) is 19.9. The molecule has 1 atom stereocenters. The van der Waals surface area contributed by atoms with Crippen LogP contribution in [0.15, 0.2) is 21.9 Å². The summed E-state index contributed by atoms with van der Waals surface area (Å²) in [5.41, 5.74) is 0.385. The Morgan fingerprint density at radius 3 is 2.52 bits per heavy atom. The van der Waals surface area contributed by atoms with Gasteiger partial charge in [0.1, 0.15) is 11.5 Å². The minimum Gasteiger partial charge on any atom is -0.459 e. The molecular weight excluding hydrogens is 381 g/mol. The van der Waals surface area contributed by atoms with Crippen LogP contribution < -0.4 is 5.32 Å². The molecule has 0 spiro atoms. The van der Waals surface area contributed by atoms with Gasteiger partial charge in [-0.05, 0) is 32.9 Å². The lowest BCUT2D eigenvalue weighted by Gasteiger charge is -2.22. The molecule has 0 saturated heterocycles. The molecule has 0 radical (unpaired) electrons. The second-order valence-corrected chi connectivity index (χ2v) is 6.96. The van der Waals surface area contributed by atoms with E-state index in [9.17, 15) is 18.0 Å². The summed E-state index contributed by atoms with van der Waals surface area (Å²) in [6.07, 6.45) is -4.68. The number of hydrogen-bond acceptors (Lipinski definition) is 5. The van der Waals surface area contributed by atoms with Gasteiger partial charge in [0.25, 0.3) is 5.91 Å². The van der Waals surface area contributed by atoms with Crippen molar-refractivity contribution in [2.75, 3.05) is 0 Å². The molecule has 0 saturated carbocycles. The first-order chi connectivity index (χ1) is 12.6. The van der Waals surface area contributed by atoms with Gasteiger partial charge in [0.2, 0.25) is 0 Å². The minimum atomic E-state index is -4.68. The summed E-state index contributed by atoms with van der Waals surface area (Å²) >= 11 is 1.12. The van der Waals surface area contributed by atoms with Crippen LogP contribution in [0.25, 0.3) is 10.8 Å². The Morgan fingerprint density at radius 1 is 1.30 bits per heavy atom. The van der Waals surface area contributed by atoms with Crippen molar-refractivity contribution in [2.24, 2.45) is 7.05 Å². The quantitative estimate of drug-likeness (QED) is 0.718. The van der Waals surface area contributed by atoms with Gasteiger partial charge in [0.05, 0.1) is 5.69 Å². The van der Waals surface area contributed by atoms with Crippen LogP contribution in [0.2, 0.25) is 0 Å². The lowest BCUT2D eigenvalue weighted by atomic mass is 10.0. The molecule has 3 rings (SSSR count). The number of nitrogens with zero attached hydrogens (tertiary/aromatic N) is 3. The summed E-state index contributed by atoms with van der Waals surface area (Å²) < 4.78 is 47.7. The van der Waals surface area contributed by atoms with Crippen molar-refractivity contribution in [1.29, 1.82) is 0 Å². The van der Waals surface area contributed by atoms with Gasteiger partial charge in [-0.2, -0.15) is 18.3 Å². The molecule has 0 aliphatic rings. The maximum absolute atomic E-state index is 13.6. The Bertz CT molecular complexity index is 987. The number of rotatable bonds is 4. The molecule has 0 aromatic carbocycles. The van der Waals surface area contributed by atoms with E-state index in [2.05, 4.69) is 15.4 Å². The molecule has 0 aliphatic carbocycles. The highest BCUT2D eigenvalue weighted by Crippen LogP contribution is 2.36. The van der Waals surface area contributed by atoms with E-state index in [1.54, 1.807) is 26.1 Å². The SMILES string of the molecule is Cc1ccc(-c2nc(C(=O)NC(c3c(C)nn(C)c3C)C(F)(F)F)cs2)o1. The summed E-state index contributed by atoms with van der Waals surface area (Å²) in [4.78, 5) is 16.5. The van der Waals surface area contributed by atoms with Crippen molar-refractivity contribution in [3.63, 3.8) is 0 Å². The molecule has 0 aliphatic heterocycles. The Balaban J connectivity index is 1.89. The van der Waals surface area contributed by atoms with E-state index in [4.69, 9.17) is 4.42 Å². The fourth-order valence-corrected chi connectivity index (χ4v) is 3.53. The first-order valence-corrected chi connectivity index (χ1v) is 8.86. The third-order valence-electron chi connectivity index (χ3n) is 4.14. The number of aryl methyl sites for hydroxylation is 3. The topological polar surface area (TPSA) is 73.0 Å². The Kier molecular flexibility index (Phi) is 4.85. The summed E-state index contributed by atoms with van der Waals surface area (Å²) in [7, 11) is 1.55. The van der Waals surface area contributed by atoms with Crippen molar-refractivity contribution in [3.05, 3.63) is 45.9 Å². The fraction of sp³-hybridized carbons (Fsp3) is 0.353. The van der Waals surface area contributed by atoms with Gasteiger partial charge in [-0.15, -0.1) is 11.3 Å². The fourth-order valence-electron chi connectivity index (χ4n) is 2.77. The monoisotopic (exact) mass is 398 g/mol. The van der Waals surface area contributed by atoms with E-state index >= 15 is 0 Å². The van der Waals surface area contributed by atoms with Gasteiger partial charge in [0.15, 0.2) is 16.8 Å². The molecule has 144 valence electrons. The van der Waals surface area contributed by atoms with Crippen LogP contribution in [0.5, 0.6) is 0 Å². The zero-order valence-corrected chi connectivity index (χ0v) is 15.8. The number of alkyl halides is 3. The molecule has 3 aromatic rings. The Labute approximate surface area is 157 Å². The molecule has 1 unspecified atom stereocenters. The number of aromatic nitrogens is 3. The van der Waals surface area contributed by atoms with E-state index in [0.717, 1.165) is 11.3 Å². The second kappa shape index (κ2) is 6.84. The number of carbonyl (C=O) groups is 1. The number of halogens is 3. The molecule has 3 aromatic heterocycles. The van der Waals surface area contributed by atoms with Gasteiger partial charge < -0.3 is 9.73 Å². The lowest BCUT2D eigenvalue weighted by Crippen LogP contribution is -2.39. The molecule has 0 fully saturated rings. The first kappa shape index (κ1) is 19.2. The Morgan fingerprint density at radius 2 is 2.00 bits per heavy atom. The average Bonchev–Trinajstić information content (AvgIpc) is 3.26. The van der Waals surface area contributed by atoms with E-state index in [0.29, 0.717) is 22.2 Å². The molecule has 27 heavy (non-hydrogen) atoms. The van der Waals surface area contributed by atoms with Crippen LogP contribution in [0.3, 0.4) is 0 Å². The predicted octanol–water partition coefficient (Wildman–Crippen LogP) is 4.10. The van der Waals surface area contributed by atoms with Crippen molar-refractivity contribution >= 4 is 17.2 Å². The van der Waals surface area contributed by atoms with E-state index < -0.39 is 18.1 Å². The maximum Gasteiger partial charge on any atom is 0.413 e. The molecule has 10 heteroatoms. The Hall–Kier alpha value is -2.62. The van der Waals surface area contributed by atoms with Gasteiger partial charge in [0, 0.05) is 23.7 Å². The number of furan rings is 1. The molecular formula is C17H17F3N4O2S. The second-order valence-electron chi connectivity index (χ2n) is 6.10. The summed E-state index contributed by atoms with van der Waals surface area (Å²) in [6.45, 7) is 4.77. The van der Waals surface area contributed by atoms with Crippen LogP contribution in [0.4, 0.5) is 13.2 Å². The largest absolute Gasteiger partial charge is 0.459 e. The predicted molar refractivity (Wildman–Crippen MR) is 93.5 cm³/mol. The number of carbonyl (C=O) groups excluding carboxylic acids is 1. The molecule has 1 amide bonds. The lowest BCUT2D eigenvalue weighted by molar-refractivity contribution is -0.155. The number of thiazole rings is 1. The van der Waals surface area contributed by atoms with Crippen LogP contribution in [0, 0.1) is 20.8 Å². The highest BCUT2D eigenvalue weighted by atomic mass is 32.1. The summed E-state index contributed by atoms with van der Waals surface area (Å²) in [5.74, 6) is 0.222. The highest BCUT2D eigenvalue weighted by molar-refractivity contribution is 7.13. The van der Waals surface area contributed by atoms with E-state index in [1.807, 2.05) is 0 Å². The average molecular weight is 398 g/mol. The number of hydrogen-bond donors (Lipinski definition) is 1. The molecule has 6 nitrogen and oxygen atoms in total. The van der Waals surface area contributed by atoms with Crippen molar-refractivity contribution in [2.45, 2.75) is 33.0 Å². The van der Waals surface area contributed by atoms with Crippen LogP contribution in [0.1, 0.15) is 39.2 Å². The minimum absolute atomic E-state index is 0.0598. The normalized spacial score (nSPS) is 13.0. The third kappa shape index (κ3) is 3.75. The van der Waals surface area contributed by atoms with E-state index in [1.165, 1.54) is 23.9 Å². The number of amides is 1. The van der Waals surface area contributed by atoms with Crippen molar-refractivity contribution in [3.8, 4) is 10.8 Å². The van der Waals surface area contributed by atoms with Gasteiger partial charge in [-0.3, -0.25) is 9.48 Å². The highest BCUT2D eigenvalue weighted by Gasteiger charge is 2.44. The smallest absolute Gasteiger partial charge is 0.413 e. The standard InChI is InChI=1S/C17H17F3N4O2S/c1-8-5-6-12(26-8)16-21-11(7-27-16)15(25)22-14(17(18,19)20)13-9(2)23-24(4)10(13)3/h5-7,14H,1-4H3,(H,22,25). The summed E-state index contributed by atoms with van der Waals surface area (Å²) in [5, 5.41) is 7.88. The molecule has 3 heterocycles. The first-order valence-electron chi connectivity index (χ1n) is 7.98. The van der Waals surface area contributed by atoms with Gasteiger partial charge >= 0.3 is 6.18 Å². The van der Waals surface area contributed by atoms with Crippen LogP contribution >= 0.6 is 11.3 Å². The van der Waals surface area contributed by atoms with Crippen LogP contribution in [-0.4, -0.2) is 26.8 Å². The van der Waals surface area contributed by atoms with Gasteiger partial charge in [-0.1, -0.05) is 0 Å². The number of nitrogens with one attached hydrogen (secondary N) is 1. The molecule has 0 bridgehead atoms. The van der Waals surface area contributed by atoms with Crippen LogP contribution in [-0.2, 0) is 7.05 Å². The van der Waals surface area contributed by atoms with Gasteiger partial charge in [-0.25, -0.2) is 4.98 Å². The van der Waals surface area contributed by atoms with E-state index in [-0.39, 0.29) is 17.0 Å². The molecule has 1 N–H and O–H groups in total. The zero-order valence-electron chi connectivity index (χ0n) is 15.0. The van der Waals surface area contributed by atoms with Crippen molar-refractivity contribution in [1.82, 2.24) is 20.1 Å². The maximum atomic E-state index is 13.6. The third-order valence-corrected chi connectivity index (χ3v) is 5.00. The van der Waals surface area contributed by atoms with Crippen molar-refractivity contribution < 1.29 is 22.4 Å². The summed E-state index contributed by atoms with van der Waals surface area (Å²) in [6, 6.07) is 1.26.